The van der Waals surface area contributed by atoms with Gasteiger partial charge in [0.25, 0.3) is 0 Å². The van der Waals surface area contributed by atoms with Crippen molar-refractivity contribution in [1.82, 2.24) is 25.2 Å². The summed E-state index contributed by atoms with van der Waals surface area (Å²) >= 11 is 0. The molecule has 3 rings (SSSR count). The van der Waals surface area contributed by atoms with Gasteiger partial charge in [-0.3, -0.25) is 0 Å². The van der Waals surface area contributed by atoms with Crippen LogP contribution in [0.5, 0.6) is 0 Å². The fourth-order valence-corrected chi connectivity index (χ4v) is 3.24. The van der Waals surface area contributed by atoms with Crippen LogP contribution in [0.15, 0.2) is 36.5 Å². The van der Waals surface area contributed by atoms with Crippen LogP contribution in [0.25, 0.3) is 5.69 Å². The number of benzene rings is 1. The van der Waals surface area contributed by atoms with E-state index in [1.165, 1.54) is 12.8 Å². The molecule has 0 unspecified atom stereocenters. The van der Waals surface area contributed by atoms with Crippen molar-refractivity contribution in [3.8, 4) is 5.69 Å². The van der Waals surface area contributed by atoms with Crippen LogP contribution in [0, 0.1) is 5.92 Å². The van der Waals surface area contributed by atoms with E-state index in [1.54, 1.807) is 0 Å². The summed E-state index contributed by atoms with van der Waals surface area (Å²) in [7, 11) is 0. The monoisotopic (exact) mass is 329 g/mol. The molecule has 0 amide bonds. The quantitative estimate of drug-likeness (QED) is 0.805. The van der Waals surface area contributed by atoms with Gasteiger partial charge in [0, 0.05) is 13.1 Å². The number of hydrogen-bond donors (Lipinski definition) is 2. The number of rotatable bonds is 7. The fraction of sp³-hybridized carbons (Fsp3) is 0.556. The second-order valence-corrected chi connectivity index (χ2v) is 6.71. The fourth-order valence-electron chi connectivity index (χ4n) is 3.24. The molecule has 2 heterocycles. The Morgan fingerprint density at radius 1 is 1.25 bits per heavy atom. The van der Waals surface area contributed by atoms with Crippen molar-refractivity contribution >= 4 is 0 Å². The van der Waals surface area contributed by atoms with Crippen LogP contribution in [-0.4, -0.2) is 57.3 Å². The van der Waals surface area contributed by atoms with Crippen molar-refractivity contribution in [1.29, 1.82) is 0 Å². The van der Waals surface area contributed by atoms with Crippen molar-refractivity contribution < 1.29 is 5.11 Å². The minimum Gasteiger partial charge on any atom is -0.392 e. The van der Waals surface area contributed by atoms with Gasteiger partial charge >= 0.3 is 0 Å². The number of aromatic nitrogens is 3. The van der Waals surface area contributed by atoms with Gasteiger partial charge in [-0.05, 0) is 57.5 Å². The summed E-state index contributed by atoms with van der Waals surface area (Å²) in [5.74, 6) is 0.708. The van der Waals surface area contributed by atoms with Crippen molar-refractivity contribution in [2.45, 2.75) is 32.4 Å². The van der Waals surface area contributed by atoms with Crippen molar-refractivity contribution in [3.63, 3.8) is 0 Å². The number of aliphatic hydroxyl groups is 1. The molecule has 1 aliphatic heterocycles. The van der Waals surface area contributed by atoms with Gasteiger partial charge in [-0.2, -0.15) is 0 Å². The lowest BCUT2D eigenvalue weighted by atomic mass is 9.96. The molecule has 1 fully saturated rings. The molecule has 0 aliphatic carbocycles. The Bertz CT molecular complexity index is 605. The Kier molecular flexibility index (Phi) is 5.96. The maximum absolute atomic E-state index is 9.45. The smallest absolute Gasteiger partial charge is 0.0969 e. The summed E-state index contributed by atoms with van der Waals surface area (Å²) in [4.78, 5) is 2.35. The van der Waals surface area contributed by atoms with Gasteiger partial charge in [0.15, 0.2) is 0 Å². The lowest BCUT2D eigenvalue weighted by molar-refractivity contribution is 0.0998. The number of hydrogen-bond acceptors (Lipinski definition) is 5. The van der Waals surface area contributed by atoms with Gasteiger partial charge in [-0.1, -0.05) is 23.4 Å². The molecule has 0 bridgehead atoms. The number of β-amino-alcohol motifs (C(OH)–C–C–N with tert-alkyl or cyclic N) is 1. The molecule has 0 spiro atoms. The highest BCUT2D eigenvalue weighted by Crippen LogP contribution is 2.16. The molecule has 2 N–H and O–H groups in total. The summed E-state index contributed by atoms with van der Waals surface area (Å²) in [6.45, 7) is 6.59. The number of para-hydroxylation sites is 1. The average molecular weight is 329 g/mol. The second-order valence-electron chi connectivity index (χ2n) is 6.71. The van der Waals surface area contributed by atoms with E-state index in [4.69, 9.17) is 0 Å². The van der Waals surface area contributed by atoms with Crippen LogP contribution in [0.3, 0.4) is 0 Å². The molecule has 1 saturated heterocycles. The van der Waals surface area contributed by atoms with Gasteiger partial charge in [0.1, 0.15) is 0 Å². The van der Waals surface area contributed by atoms with E-state index in [2.05, 4.69) is 20.5 Å². The van der Waals surface area contributed by atoms with Gasteiger partial charge in [-0.15, -0.1) is 5.10 Å². The zero-order valence-corrected chi connectivity index (χ0v) is 14.3. The number of piperidine rings is 1. The summed E-state index contributed by atoms with van der Waals surface area (Å²) in [6.07, 6.45) is 4.13. The third-order valence-corrected chi connectivity index (χ3v) is 4.53. The molecule has 1 aromatic carbocycles. The molecule has 1 aliphatic rings. The number of nitrogens with one attached hydrogen (secondary N) is 1. The predicted octanol–water partition coefficient (Wildman–Crippen LogP) is 1.45. The largest absolute Gasteiger partial charge is 0.392 e. The number of likely N-dealkylation sites (tertiary alicyclic amines) is 1. The zero-order chi connectivity index (χ0) is 16.8. The van der Waals surface area contributed by atoms with Crippen molar-refractivity contribution in [2.75, 3.05) is 26.2 Å². The normalized spacial score (nSPS) is 17.9. The predicted molar refractivity (Wildman–Crippen MR) is 93.9 cm³/mol. The first kappa shape index (κ1) is 17.1. The molecule has 24 heavy (non-hydrogen) atoms. The lowest BCUT2D eigenvalue weighted by Gasteiger charge is -2.32. The highest BCUT2D eigenvalue weighted by molar-refractivity contribution is 5.29. The van der Waals surface area contributed by atoms with Gasteiger partial charge in [0.2, 0.25) is 0 Å². The molecule has 2 aromatic rings. The minimum atomic E-state index is -0.230. The molecule has 130 valence electrons. The molecule has 1 aromatic heterocycles. The highest BCUT2D eigenvalue weighted by Gasteiger charge is 2.19. The molecule has 6 nitrogen and oxygen atoms in total. The van der Waals surface area contributed by atoms with Gasteiger partial charge in [-0.25, -0.2) is 4.68 Å². The van der Waals surface area contributed by atoms with Crippen molar-refractivity contribution in [3.05, 3.63) is 42.2 Å². The Balaban J connectivity index is 1.39. The highest BCUT2D eigenvalue weighted by atomic mass is 16.3. The molecular formula is C18H27N5O. The summed E-state index contributed by atoms with van der Waals surface area (Å²) in [5.41, 5.74) is 1.99. The summed E-state index contributed by atoms with van der Waals surface area (Å²) in [6, 6.07) is 10.0. The molecule has 0 saturated carbocycles. The third-order valence-electron chi connectivity index (χ3n) is 4.53. The van der Waals surface area contributed by atoms with E-state index >= 15 is 0 Å². The summed E-state index contributed by atoms with van der Waals surface area (Å²) in [5, 5.41) is 21.4. The molecule has 1 atom stereocenters. The van der Waals surface area contributed by atoms with Crippen LogP contribution in [0.2, 0.25) is 0 Å². The Hall–Kier alpha value is -1.76. The van der Waals surface area contributed by atoms with E-state index in [9.17, 15) is 5.11 Å². The second kappa shape index (κ2) is 8.37. The topological polar surface area (TPSA) is 66.2 Å². The third kappa shape index (κ3) is 4.87. The first-order valence-electron chi connectivity index (χ1n) is 8.78. The Morgan fingerprint density at radius 2 is 2.00 bits per heavy atom. The number of nitrogens with zero attached hydrogens (tertiary/aromatic N) is 4. The SMILES string of the molecule is C[C@@H](O)CN1CCC(CNCc2cn(-c3ccccc3)nn2)CC1. The maximum Gasteiger partial charge on any atom is 0.0969 e. The van der Waals surface area contributed by atoms with E-state index in [0.717, 1.165) is 44.1 Å². The molecular weight excluding hydrogens is 302 g/mol. The van der Waals surface area contributed by atoms with Crippen molar-refractivity contribution in [2.24, 2.45) is 5.92 Å². The van der Waals surface area contributed by atoms with Gasteiger partial charge in [0.05, 0.1) is 23.7 Å². The van der Waals surface area contributed by atoms with Gasteiger partial charge < -0.3 is 15.3 Å². The Labute approximate surface area is 143 Å². The standard InChI is InChI=1S/C18H27N5O/c1-15(24)13-22-9-7-16(8-10-22)11-19-12-17-14-23(21-20-17)18-5-3-2-4-6-18/h2-6,14-16,19,24H,7-13H2,1H3/t15-/m1/s1. The van der Waals surface area contributed by atoms with Crippen LogP contribution in [-0.2, 0) is 6.54 Å². The molecule has 6 heteroatoms. The lowest BCUT2D eigenvalue weighted by Crippen LogP contribution is -2.40. The van der Waals surface area contributed by atoms with E-state index in [-0.39, 0.29) is 6.10 Å². The summed E-state index contributed by atoms with van der Waals surface area (Å²) < 4.78 is 1.81. The van der Waals surface area contributed by atoms with E-state index in [0.29, 0.717) is 5.92 Å². The zero-order valence-electron chi connectivity index (χ0n) is 14.3. The molecule has 0 radical (unpaired) electrons. The van der Waals surface area contributed by atoms with Crippen LogP contribution in [0.4, 0.5) is 0 Å². The van der Waals surface area contributed by atoms with Crippen LogP contribution >= 0.6 is 0 Å². The van der Waals surface area contributed by atoms with E-state index < -0.39 is 0 Å². The average Bonchev–Trinajstić information content (AvgIpc) is 3.06. The van der Waals surface area contributed by atoms with Crippen LogP contribution in [0.1, 0.15) is 25.5 Å². The van der Waals surface area contributed by atoms with Crippen LogP contribution < -0.4 is 5.32 Å². The first-order valence-corrected chi connectivity index (χ1v) is 8.78. The van der Waals surface area contributed by atoms with E-state index in [1.807, 2.05) is 48.1 Å². The maximum atomic E-state index is 9.45. The Morgan fingerprint density at radius 3 is 2.71 bits per heavy atom. The first-order chi connectivity index (χ1) is 11.7. The minimum absolute atomic E-state index is 0.230. The number of aliphatic hydroxyl groups excluding tert-OH is 1.